The third-order valence-electron chi connectivity index (χ3n) is 8.16. The fraction of sp³-hybridized carbons (Fsp3) is 0.567. The molecule has 0 aromatic heterocycles. The normalized spacial score (nSPS) is 29.7. The van der Waals surface area contributed by atoms with Crippen LogP contribution in [-0.2, 0) is 25.5 Å². The molecule has 0 aliphatic carbocycles. The molecule has 9 heteroatoms. The summed E-state index contributed by atoms with van der Waals surface area (Å²) in [5.74, 6) is -2.13. The number of likely N-dealkylation sites (tertiary alicyclic amines) is 1. The third-order valence-corrected chi connectivity index (χ3v) is 11.4. The smallest absolute Gasteiger partial charge is 0.310 e. The van der Waals surface area contributed by atoms with E-state index in [1.807, 2.05) is 30.3 Å². The first-order chi connectivity index (χ1) is 18.8. The minimum absolute atomic E-state index is 0.0380. The fourth-order valence-electron chi connectivity index (χ4n) is 6.45. The quantitative estimate of drug-likeness (QED) is 0.147. The van der Waals surface area contributed by atoms with Crippen molar-refractivity contribution in [3.8, 4) is 0 Å². The highest BCUT2D eigenvalue weighted by atomic mass is 79.9. The second-order valence-electron chi connectivity index (χ2n) is 10.6. The Labute approximate surface area is 244 Å². The summed E-state index contributed by atoms with van der Waals surface area (Å²) in [5, 5.41) is 10.4. The summed E-state index contributed by atoms with van der Waals surface area (Å²) in [6.07, 6.45) is 6.68. The Bertz CT molecular complexity index is 1070. The first-order valence-corrected chi connectivity index (χ1v) is 15.6. The van der Waals surface area contributed by atoms with Crippen LogP contribution in [0.3, 0.4) is 0 Å². The number of benzene rings is 1. The van der Waals surface area contributed by atoms with E-state index < -0.39 is 34.6 Å². The predicted octanol–water partition coefficient (Wildman–Crippen LogP) is 3.99. The zero-order valence-corrected chi connectivity index (χ0v) is 24.9. The summed E-state index contributed by atoms with van der Waals surface area (Å²) in [5.41, 5.74) is 0.967. The van der Waals surface area contributed by atoms with Crippen molar-refractivity contribution in [2.75, 3.05) is 26.3 Å². The summed E-state index contributed by atoms with van der Waals surface area (Å²) in [6.45, 7) is 10.5. The summed E-state index contributed by atoms with van der Waals surface area (Å²) < 4.78 is 4.81. The van der Waals surface area contributed by atoms with E-state index in [1.165, 1.54) is 0 Å². The van der Waals surface area contributed by atoms with Gasteiger partial charge in [0, 0.05) is 23.2 Å². The van der Waals surface area contributed by atoms with E-state index in [0.29, 0.717) is 32.4 Å². The minimum Gasteiger partial charge on any atom is -0.465 e. The van der Waals surface area contributed by atoms with Crippen LogP contribution in [0, 0.1) is 11.8 Å². The molecule has 3 saturated heterocycles. The number of hydrogen-bond donors (Lipinski definition) is 1. The Kier molecular flexibility index (Phi) is 9.99. The Balaban J connectivity index is 1.76. The number of nitrogens with zero attached hydrogens (tertiary/aromatic N) is 2. The van der Waals surface area contributed by atoms with Crippen molar-refractivity contribution in [1.29, 1.82) is 0 Å². The second kappa shape index (κ2) is 13.0. The van der Waals surface area contributed by atoms with Gasteiger partial charge in [-0.15, -0.1) is 24.9 Å². The van der Waals surface area contributed by atoms with E-state index in [9.17, 15) is 19.5 Å². The molecular formula is C30H39BrN2O5S. The van der Waals surface area contributed by atoms with Gasteiger partial charge in [0.2, 0.25) is 11.8 Å². The third kappa shape index (κ3) is 5.59. The molecule has 0 saturated carbocycles. The first-order valence-electron chi connectivity index (χ1n) is 13.8. The molecule has 1 spiro atoms. The van der Waals surface area contributed by atoms with Gasteiger partial charge >= 0.3 is 5.97 Å². The number of aliphatic hydroxyl groups excluding tert-OH is 1. The van der Waals surface area contributed by atoms with Gasteiger partial charge < -0.3 is 19.6 Å². The van der Waals surface area contributed by atoms with Crippen molar-refractivity contribution in [2.24, 2.45) is 11.8 Å². The van der Waals surface area contributed by atoms with Gasteiger partial charge in [-0.05, 0) is 31.2 Å². The molecule has 4 rings (SSSR count). The molecule has 1 aromatic rings. The average molecular weight is 620 g/mol. The minimum atomic E-state index is -0.798. The number of ether oxygens (including phenoxy) is 1. The molecule has 2 bridgehead atoms. The van der Waals surface area contributed by atoms with Crippen LogP contribution in [0.4, 0.5) is 0 Å². The molecule has 1 aromatic carbocycles. The molecule has 39 heavy (non-hydrogen) atoms. The molecule has 7 atom stereocenters. The standard InChI is InChI=1S/C30H39BrN2O5S/c1-4-7-15-32(14-6-3)28(36)26-30-18-22(31)25(39-30)23(29(37)38-16-8-5-2)24(30)27(35)33(26)21(19-34)17-20-12-10-9-11-13-20/h5-6,9-13,21-26,34H,2-4,7-8,14-19H2,1H3/t21-,22?,23-,24+,25-,26?,30?/m1/s1. The summed E-state index contributed by atoms with van der Waals surface area (Å²) in [7, 11) is 0. The summed E-state index contributed by atoms with van der Waals surface area (Å²) in [6, 6.07) is 8.28. The lowest BCUT2D eigenvalue weighted by molar-refractivity contribution is -0.154. The van der Waals surface area contributed by atoms with Crippen molar-refractivity contribution < 1.29 is 24.2 Å². The number of halogens is 1. The number of fused-ring (bicyclic) bond motifs is 1. The van der Waals surface area contributed by atoms with E-state index in [4.69, 9.17) is 4.74 Å². The van der Waals surface area contributed by atoms with Gasteiger partial charge in [0.1, 0.15) is 6.04 Å². The number of hydrogen-bond acceptors (Lipinski definition) is 6. The number of aliphatic hydroxyl groups is 1. The zero-order valence-electron chi connectivity index (χ0n) is 22.5. The van der Waals surface area contributed by atoms with E-state index in [-0.39, 0.29) is 35.1 Å². The molecule has 7 nitrogen and oxygen atoms in total. The summed E-state index contributed by atoms with van der Waals surface area (Å²) in [4.78, 5) is 45.6. The highest BCUT2D eigenvalue weighted by Gasteiger charge is 2.76. The Morgan fingerprint density at radius 3 is 2.69 bits per heavy atom. The van der Waals surface area contributed by atoms with Crippen LogP contribution in [0.5, 0.6) is 0 Å². The molecule has 3 fully saturated rings. The van der Waals surface area contributed by atoms with Gasteiger partial charge in [0.25, 0.3) is 0 Å². The number of rotatable bonds is 14. The van der Waals surface area contributed by atoms with E-state index in [0.717, 1.165) is 18.4 Å². The predicted molar refractivity (Wildman–Crippen MR) is 158 cm³/mol. The second-order valence-corrected chi connectivity index (χ2v) is 13.3. The number of alkyl halides is 1. The van der Waals surface area contributed by atoms with E-state index in [1.54, 1.807) is 33.7 Å². The number of thioether (sulfide) groups is 1. The highest BCUT2D eigenvalue weighted by Crippen LogP contribution is 2.68. The molecule has 212 valence electrons. The fourth-order valence-corrected chi connectivity index (χ4v) is 10.0. The van der Waals surface area contributed by atoms with Gasteiger partial charge in [-0.1, -0.05) is 71.8 Å². The molecule has 2 amide bonds. The maximum Gasteiger partial charge on any atom is 0.310 e. The maximum absolute atomic E-state index is 14.4. The van der Waals surface area contributed by atoms with Gasteiger partial charge in [0.05, 0.1) is 35.8 Å². The summed E-state index contributed by atoms with van der Waals surface area (Å²) >= 11 is 5.37. The van der Waals surface area contributed by atoms with Crippen LogP contribution < -0.4 is 0 Å². The number of esters is 1. The largest absolute Gasteiger partial charge is 0.465 e. The van der Waals surface area contributed by atoms with Gasteiger partial charge in [-0.3, -0.25) is 14.4 Å². The Morgan fingerprint density at radius 1 is 1.31 bits per heavy atom. The number of carbonyl (C=O) groups excluding carboxylic acids is 3. The van der Waals surface area contributed by atoms with Crippen LogP contribution in [0.1, 0.15) is 38.2 Å². The Hall–Kier alpha value is -2.10. The number of amides is 2. The van der Waals surface area contributed by atoms with Crippen molar-refractivity contribution in [2.45, 2.75) is 65.9 Å². The molecule has 3 aliphatic rings. The van der Waals surface area contributed by atoms with Crippen molar-refractivity contribution >= 4 is 45.5 Å². The van der Waals surface area contributed by atoms with Crippen LogP contribution >= 0.6 is 27.7 Å². The SMILES string of the molecule is C=CCCOC(=O)[C@H]1[C@@H]2SC3(CC2Br)C(C(=O)N(CC=C)CCCC)N([C@@H](CO)Cc2ccccc2)C(=O)[C@H]13. The Morgan fingerprint density at radius 2 is 2.05 bits per heavy atom. The lowest BCUT2D eigenvalue weighted by atomic mass is 9.71. The topological polar surface area (TPSA) is 87.2 Å². The molecule has 3 unspecified atom stereocenters. The van der Waals surface area contributed by atoms with Gasteiger partial charge in [-0.25, -0.2) is 0 Å². The van der Waals surface area contributed by atoms with Crippen molar-refractivity contribution in [1.82, 2.24) is 9.80 Å². The van der Waals surface area contributed by atoms with Crippen LogP contribution in [0.15, 0.2) is 55.6 Å². The first kappa shape index (κ1) is 29.9. The zero-order chi connectivity index (χ0) is 28.2. The van der Waals surface area contributed by atoms with Crippen molar-refractivity contribution in [3.63, 3.8) is 0 Å². The number of carbonyl (C=O) groups is 3. The highest BCUT2D eigenvalue weighted by molar-refractivity contribution is 9.09. The molecule has 1 N–H and O–H groups in total. The lowest BCUT2D eigenvalue weighted by Crippen LogP contribution is -2.58. The van der Waals surface area contributed by atoms with Gasteiger partial charge in [0.15, 0.2) is 0 Å². The average Bonchev–Trinajstić information content (AvgIpc) is 3.53. The van der Waals surface area contributed by atoms with Gasteiger partial charge in [-0.2, -0.15) is 0 Å². The molecular weight excluding hydrogens is 580 g/mol. The lowest BCUT2D eigenvalue weighted by Gasteiger charge is -2.40. The monoisotopic (exact) mass is 618 g/mol. The van der Waals surface area contributed by atoms with Crippen molar-refractivity contribution in [3.05, 3.63) is 61.2 Å². The maximum atomic E-state index is 14.4. The molecule has 0 radical (unpaired) electrons. The van der Waals surface area contributed by atoms with E-state index >= 15 is 0 Å². The molecule has 3 heterocycles. The molecule has 3 aliphatic heterocycles. The van der Waals surface area contributed by atoms with E-state index in [2.05, 4.69) is 36.0 Å². The van der Waals surface area contributed by atoms with Crippen LogP contribution in [0.25, 0.3) is 0 Å². The van der Waals surface area contributed by atoms with Crippen LogP contribution in [-0.4, -0.2) is 85.9 Å². The van der Waals surface area contributed by atoms with Crippen LogP contribution in [0.2, 0.25) is 0 Å². The number of unbranched alkanes of at least 4 members (excludes halogenated alkanes) is 1.